The van der Waals surface area contributed by atoms with Gasteiger partial charge in [0.15, 0.2) is 11.5 Å². The molecule has 0 radical (unpaired) electrons. The Kier molecular flexibility index (Phi) is 5.59. The SMILES string of the molecule is CCCC(O)Nc1cncc(-c2ccc3[nH]nc(-c4nc5nccc(-c6ccccn6)c5[nH]4)c3c2)c1. The van der Waals surface area contributed by atoms with E-state index in [2.05, 4.69) is 41.5 Å². The number of anilines is 1. The summed E-state index contributed by atoms with van der Waals surface area (Å²) < 4.78 is 0. The summed E-state index contributed by atoms with van der Waals surface area (Å²) in [5.41, 5.74) is 7.48. The van der Waals surface area contributed by atoms with E-state index in [4.69, 9.17) is 4.98 Å². The van der Waals surface area contributed by atoms with Crippen LogP contribution in [0.1, 0.15) is 19.8 Å². The van der Waals surface area contributed by atoms with E-state index < -0.39 is 6.23 Å². The van der Waals surface area contributed by atoms with Crippen molar-refractivity contribution in [2.45, 2.75) is 26.0 Å². The molecular weight excluding hydrogens is 452 g/mol. The lowest BCUT2D eigenvalue weighted by Gasteiger charge is -2.13. The number of benzene rings is 1. The molecule has 4 N–H and O–H groups in total. The van der Waals surface area contributed by atoms with E-state index in [1.165, 1.54) is 0 Å². The molecule has 0 aliphatic rings. The number of nitrogens with one attached hydrogen (secondary N) is 3. The van der Waals surface area contributed by atoms with Gasteiger partial charge in [-0.15, -0.1) is 0 Å². The molecule has 1 aromatic carbocycles. The molecule has 5 heterocycles. The molecule has 0 bridgehead atoms. The number of nitrogens with zero attached hydrogens (tertiary/aromatic N) is 5. The number of aliphatic hydroxyl groups is 1. The number of aromatic nitrogens is 7. The summed E-state index contributed by atoms with van der Waals surface area (Å²) in [6.45, 7) is 2.04. The third-order valence-corrected chi connectivity index (χ3v) is 6.09. The van der Waals surface area contributed by atoms with Crippen molar-refractivity contribution in [1.29, 1.82) is 0 Å². The monoisotopic (exact) mass is 476 g/mol. The first kappa shape index (κ1) is 21.9. The lowest BCUT2D eigenvalue weighted by atomic mass is 10.0. The van der Waals surface area contributed by atoms with Crippen LogP contribution in [0.15, 0.2) is 73.3 Å². The highest BCUT2D eigenvalue weighted by Gasteiger charge is 2.17. The van der Waals surface area contributed by atoms with Gasteiger partial charge in [-0.2, -0.15) is 5.10 Å². The number of hydrogen-bond acceptors (Lipinski definition) is 7. The fraction of sp³-hybridized carbons (Fsp3) is 0.148. The van der Waals surface area contributed by atoms with Crippen LogP contribution in [0.4, 0.5) is 5.69 Å². The molecule has 1 unspecified atom stereocenters. The van der Waals surface area contributed by atoms with E-state index in [1.807, 2.05) is 55.6 Å². The van der Waals surface area contributed by atoms with Crippen molar-refractivity contribution in [2.75, 3.05) is 5.32 Å². The van der Waals surface area contributed by atoms with E-state index in [9.17, 15) is 5.11 Å². The average molecular weight is 477 g/mol. The Bertz CT molecular complexity index is 1660. The van der Waals surface area contributed by atoms with E-state index in [0.717, 1.165) is 50.9 Å². The van der Waals surface area contributed by atoms with Gasteiger partial charge in [0, 0.05) is 35.1 Å². The number of H-pyrrole nitrogens is 2. The minimum absolute atomic E-state index is 0.604. The Balaban J connectivity index is 1.40. The largest absolute Gasteiger partial charge is 0.374 e. The molecule has 9 nitrogen and oxygen atoms in total. The second kappa shape index (κ2) is 9.20. The van der Waals surface area contributed by atoms with Gasteiger partial charge >= 0.3 is 0 Å². The molecule has 0 saturated carbocycles. The second-order valence-electron chi connectivity index (χ2n) is 8.60. The van der Waals surface area contributed by atoms with Gasteiger partial charge in [-0.1, -0.05) is 25.5 Å². The van der Waals surface area contributed by atoms with Crippen LogP contribution in [0.3, 0.4) is 0 Å². The van der Waals surface area contributed by atoms with Crippen LogP contribution in [0.2, 0.25) is 0 Å². The maximum absolute atomic E-state index is 10.1. The molecule has 6 aromatic rings. The van der Waals surface area contributed by atoms with E-state index in [0.29, 0.717) is 23.6 Å². The first-order valence-corrected chi connectivity index (χ1v) is 11.8. The highest BCUT2D eigenvalue weighted by atomic mass is 16.3. The number of fused-ring (bicyclic) bond motifs is 2. The quantitative estimate of drug-likeness (QED) is 0.234. The van der Waals surface area contributed by atoms with Crippen molar-refractivity contribution in [3.63, 3.8) is 0 Å². The van der Waals surface area contributed by atoms with Crippen molar-refractivity contribution in [2.24, 2.45) is 0 Å². The summed E-state index contributed by atoms with van der Waals surface area (Å²) in [4.78, 5) is 21.4. The van der Waals surface area contributed by atoms with Crippen LogP contribution in [-0.4, -0.2) is 46.5 Å². The van der Waals surface area contributed by atoms with Crippen molar-refractivity contribution < 1.29 is 5.11 Å². The number of pyridine rings is 3. The second-order valence-corrected chi connectivity index (χ2v) is 8.60. The van der Waals surface area contributed by atoms with E-state index in [-0.39, 0.29) is 0 Å². The van der Waals surface area contributed by atoms with E-state index >= 15 is 0 Å². The van der Waals surface area contributed by atoms with Crippen LogP contribution < -0.4 is 5.32 Å². The van der Waals surface area contributed by atoms with Gasteiger partial charge in [0.1, 0.15) is 11.9 Å². The van der Waals surface area contributed by atoms with Gasteiger partial charge < -0.3 is 15.4 Å². The number of rotatable bonds is 7. The fourth-order valence-corrected chi connectivity index (χ4v) is 4.35. The molecule has 5 aromatic heterocycles. The number of aromatic amines is 2. The smallest absolute Gasteiger partial charge is 0.178 e. The van der Waals surface area contributed by atoms with Gasteiger partial charge in [-0.3, -0.25) is 15.1 Å². The maximum atomic E-state index is 10.1. The zero-order valence-electron chi connectivity index (χ0n) is 19.6. The molecule has 0 spiro atoms. The first-order chi connectivity index (χ1) is 17.7. The highest BCUT2D eigenvalue weighted by Crippen LogP contribution is 2.32. The zero-order chi connectivity index (χ0) is 24.5. The normalized spacial score (nSPS) is 12.3. The van der Waals surface area contributed by atoms with Crippen molar-refractivity contribution in [3.8, 4) is 33.9 Å². The summed E-state index contributed by atoms with van der Waals surface area (Å²) in [5.74, 6) is 0.625. The topological polar surface area (TPSA) is 128 Å². The van der Waals surface area contributed by atoms with Gasteiger partial charge in [-0.25, -0.2) is 9.97 Å². The van der Waals surface area contributed by atoms with Crippen LogP contribution >= 0.6 is 0 Å². The number of imidazole rings is 1. The third-order valence-electron chi connectivity index (χ3n) is 6.09. The molecule has 6 rings (SSSR count). The fourth-order valence-electron chi connectivity index (χ4n) is 4.35. The van der Waals surface area contributed by atoms with Crippen molar-refractivity contribution >= 4 is 27.8 Å². The highest BCUT2D eigenvalue weighted by molar-refractivity contribution is 5.97. The van der Waals surface area contributed by atoms with Crippen molar-refractivity contribution in [3.05, 3.63) is 73.3 Å². The predicted molar refractivity (Wildman–Crippen MR) is 140 cm³/mol. The molecule has 0 saturated heterocycles. The Labute approximate surface area is 206 Å². The van der Waals surface area contributed by atoms with Crippen LogP contribution in [0.25, 0.3) is 56.0 Å². The molecular formula is C27H24N8O. The lowest BCUT2D eigenvalue weighted by molar-refractivity contribution is 0.192. The van der Waals surface area contributed by atoms with Crippen LogP contribution in [0, 0.1) is 0 Å². The average Bonchev–Trinajstić information content (AvgIpc) is 3.53. The molecule has 9 heteroatoms. The van der Waals surface area contributed by atoms with Crippen molar-refractivity contribution in [1.82, 2.24) is 35.1 Å². The summed E-state index contributed by atoms with van der Waals surface area (Å²) in [5, 5.41) is 21.8. The molecule has 1 atom stereocenters. The van der Waals surface area contributed by atoms with Gasteiger partial charge in [0.05, 0.1) is 28.6 Å². The summed E-state index contributed by atoms with van der Waals surface area (Å²) >= 11 is 0. The Morgan fingerprint density at radius 3 is 2.81 bits per heavy atom. The number of hydrogen-bond donors (Lipinski definition) is 4. The van der Waals surface area contributed by atoms with Gasteiger partial charge in [0.25, 0.3) is 0 Å². The first-order valence-electron chi connectivity index (χ1n) is 11.8. The number of aliphatic hydroxyl groups excluding tert-OH is 1. The molecule has 0 amide bonds. The van der Waals surface area contributed by atoms with E-state index in [1.54, 1.807) is 18.6 Å². The molecule has 0 fully saturated rings. The summed E-state index contributed by atoms with van der Waals surface area (Å²) in [6.07, 6.45) is 7.99. The third kappa shape index (κ3) is 4.05. The Morgan fingerprint density at radius 1 is 1.00 bits per heavy atom. The molecule has 178 valence electrons. The standard InChI is InChI=1S/C27H24N8O/c1-2-5-23(36)31-18-12-17(14-28-15-18)16-7-8-22-20(13-16)25(35-34-22)27-32-24-19(9-11-30-26(24)33-27)21-6-3-4-10-29-21/h3-4,6-15,23,31,36H,2,5H2,1H3,(H,34,35)(H,30,32,33). The Morgan fingerprint density at radius 2 is 1.94 bits per heavy atom. The summed E-state index contributed by atoms with van der Waals surface area (Å²) in [7, 11) is 0. The maximum Gasteiger partial charge on any atom is 0.178 e. The lowest BCUT2D eigenvalue weighted by Crippen LogP contribution is -2.18. The van der Waals surface area contributed by atoms with Gasteiger partial charge in [-0.05, 0) is 48.4 Å². The Hall–Kier alpha value is -4.63. The molecule has 0 aliphatic carbocycles. The zero-order valence-corrected chi connectivity index (χ0v) is 19.6. The van der Waals surface area contributed by atoms with Crippen LogP contribution in [0.5, 0.6) is 0 Å². The van der Waals surface area contributed by atoms with Gasteiger partial charge in [0.2, 0.25) is 0 Å². The minimum atomic E-state index is -0.604. The minimum Gasteiger partial charge on any atom is -0.374 e. The molecule has 0 aliphatic heterocycles. The predicted octanol–water partition coefficient (Wildman–Crippen LogP) is 5.16. The summed E-state index contributed by atoms with van der Waals surface area (Å²) in [6, 6.07) is 15.8. The van der Waals surface area contributed by atoms with Crippen LogP contribution in [-0.2, 0) is 0 Å². The molecule has 36 heavy (non-hydrogen) atoms.